The van der Waals surface area contributed by atoms with Crippen molar-refractivity contribution in [3.8, 4) is 11.1 Å². The molecule has 0 atom stereocenters. The summed E-state index contributed by atoms with van der Waals surface area (Å²) in [6.45, 7) is 0.797. The van der Waals surface area contributed by atoms with Gasteiger partial charge in [0.2, 0.25) is 0 Å². The SMILES string of the molecule is O=Cc1ccc(CCNC(=O)OCC2c3ccccc3-c3ccccc32)cc1. The standard InChI is InChI=1S/C24H21NO3/c26-15-18-11-9-17(10-12-18)13-14-25-24(27)28-16-23-21-7-3-1-5-19(21)20-6-2-4-8-22(20)23/h1-12,15,23H,13-14,16H2,(H,25,27). The Labute approximate surface area is 164 Å². The molecule has 0 aliphatic heterocycles. The minimum Gasteiger partial charge on any atom is -0.449 e. The highest BCUT2D eigenvalue weighted by atomic mass is 16.5. The van der Waals surface area contributed by atoms with Crippen LogP contribution in [0.3, 0.4) is 0 Å². The fourth-order valence-corrected chi connectivity index (χ4v) is 3.72. The van der Waals surface area contributed by atoms with E-state index in [4.69, 9.17) is 4.74 Å². The molecule has 3 aromatic rings. The van der Waals surface area contributed by atoms with Gasteiger partial charge in [0.15, 0.2) is 0 Å². The molecule has 0 saturated carbocycles. The Hall–Kier alpha value is -3.40. The van der Waals surface area contributed by atoms with Crippen molar-refractivity contribution in [3.63, 3.8) is 0 Å². The Bertz CT molecular complexity index is 949. The second-order valence-electron chi connectivity index (χ2n) is 6.86. The Morgan fingerprint density at radius 1 is 0.893 bits per heavy atom. The van der Waals surface area contributed by atoms with Crippen LogP contribution in [-0.4, -0.2) is 25.5 Å². The van der Waals surface area contributed by atoms with Gasteiger partial charge in [-0.1, -0.05) is 72.8 Å². The maximum absolute atomic E-state index is 12.1. The normalized spacial score (nSPS) is 12.1. The molecule has 0 spiro atoms. The van der Waals surface area contributed by atoms with Gasteiger partial charge in [0.05, 0.1) is 0 Å². The van der Waals surface area contributed by atoms with E-state index < -0.39 is 6.09 Å². The summed E-state index contributed by atoms with van der Waals surface area (Å²) in [4.78, 5) is 22.8. The number of ether oxygens (including phenoxy) is 1. The highest BCUT2D eigenvalue weighted by Gasteiger charge is 2.28. The Morgan fingerprint density at radius 2 is 1.50 bits per heavy atom. The van der Waals surface area contributed by atoms with E-state index in [2.05, 4.69) is 29.6 Å². The average Bonchev–Trinajstić information content (AvgIpc) is 3.07. The van der Waals surface area contributed by atoms with E-state index in [1.165, 1.54) is 22.3 Å². The molecule has 3 aromatic carbocycles. The summed E-state index contributed by atoms with van der Waals surface area (Å²) in [5.41, 5.74) is 6.54. The van der Waals surface area contributed by atoms with Gasteiger partial charge >= 0.3 is 6.09 Å². The molecule has 0 bridgehead atoms. The molecule has 4 nitrogen and oxygen atoms in total. The first-order chi connectivity index (χ1) is 13.8. The third kappa shape index (κ3) is 3.67. The van der Waals surface area contributed by atoms with Crippen LogP contribution in [0.2, 0.25) is 0 Å². The molecule has 0 radical (unpaired) electrons. The highest BCUT2D eigenvalue weighted by molar-refractivity contribution is 5.79. The van der Waals surface area contributed by atoms with Crippen LogP contribution in [0.5, 0.6) is 0 Å². The molecular weight excluding hydrogens is 350 g/mol. The van der Waals surface area contributed by atoms with Crippen molar-refractivity contribution in [2.45, 2.75) is 12.3 Å². The first-order valence-electron chi connectivity index (χ1n) is 9.39. The maximum Gasteiger partial charge on any atom is 0.407 e. The molecular formula is C24H21NO3. The van der Waals surface area contributed by atoms with Gasteiger partial charge in [-0.25, -0.2) is 4.79 Å². The smallest absolute Gasteiger partial charge is 0.407 e. The number of rotatable bonds is 6. The number of nitrogens with one attached hydrogen (secondary N) is 1. The van der Waals surface area contributed by atoms with Crippen molar-refractivity contribution >= 4 is 12.4 Å². The van der Waals surface area contributed by atoms with Crippen molar-refractivity contribution < 1.29 is 14.3 Å². The molecule has 4 heteroatoms. The van der Waals surface area contributed by atoms with Crippen molar-refractivity contribution in [1.82, 2.24) is 5.32 Å². The van der Waals surface area contributed by atoms with E-state index in [0.29, 0.717) is 25.1 Å². The maximum atomic E-state index is 12.1. The van der Waals surface area contributed by atoms with Crippen LogP contribution in [0.25, 0.3) is 11.1 Å². The van der Waals surface area contributed by atoms with Gasteiger partial charge < -0.3 is 10.1 Å². The minimum atomic E-state index is -0.411. The van der Waals surface area contributed by atoms with Crippen LogP contribution in [0, 0.1) is 0 Å². The summed E-state index contributed by atoms with van der Waals surface area (Å²) < 4.78 is 5.52. The molecule has 140 valence electrons. The summed E-state index contributed by atoms with van der Waals surface area (Å²) in [6.07, 6.45) is 1.09. The molecule has 28 heavy (non-hydrogen) atoms. The number of benzene rings is 3. The Kier molecular flexibility index (Phi) is 5.20. The van der Waals surface area contributed by atoms with Crippen LogP contribution in [0.1, 0.15) is 33.0 Å². The van der Waals surface area contributed by atoms with Crippen LogP contribution in [-0.2, 0) is 11.2 Å². The van der Waals surface area contributed by atoms with Gasteiger partial charge in [-0.3, -0.25) is 4.79 Å². The molecule has 1 N–H and O–H groups in total. The molecule has 1 aliphatic rings. The predicted octanol–water partition coefficient (Wildman–Crippen LogP) is 4.58. The van der Waals surface area contributed by atoms with E-state index in [0.717, 1.165) is 11.8 Å². The summed E-state index contributed by atoms with van der Waals surface area (Å²) in [6, 6.07) is 23.9. The first-order valence-corrected chi connectivity index (χ1v) is 9.39. The van der Waals surface area contributed by atoms with Gasteiger partial charge in [0.25, 0.3) is 0 Å². The largest absolute Gasteiger partial charge is 0.449 e. The van der Waals surface area contributed by atoms with E-state index in [1.807, 2.05) is 36.4 Å². The fourth-order valence-electron chi connectivity index (χ4n) is 3.72. The number of alkyl carbamates (subject to hydrolysis) is 1. The quantitative estimate of drug-likeness (QED) is 0.645. The second kappa shape index (κ2) is 8.09. The third-order valence-electron chi connectivity index (χ3n) is 5.14. The number of fused-ring (bicyclic) bond motifs is 3. The summed E-state index contributed by atoms with van der Waals surface area (Å²) >= 11 is 0. The number of aldehydes is 1. The Morgan fingerprint density at radius 3 is 2.11 bits per heavy atom. The minimum absolute atomic E-state index is 0.0639. The van der Waals surface area contributed by atoms with E-state index >= 15 is 0 Å². The van der Waals surface area contributed by atoms with Gasteiger partial charge in [0, 0.05) is 18.0 Å². The van der Waals surface area contributed by atoms with Crippen molar-refractivity contribution in [1.29, 1.82) is 0 Å². The lowest BCUT2D eigenvalue weighted by Gasteiger charge is -2.14. The van der Waals surface area contributed by atoms with E-state index in [9.17, 15) is 9.59 Å². The molecule has 4 rings (SSSR count). The lowest BCUT2D eigenvalue weighted by Crippen LogP contribution is -2.28. The van der Waals surface area contributed by atoms with Crippen LogP contribution >= 0.6 is 0 Å². The van der Waals surface area contributed by atoms with Gasteiger partial charge in [0.1, 0.15) is 12.9 Å². The average molecular weight is 371 g/mol. The number of amides is 1. The van der Waals surface area contributed by atoms with Gasteiger partial charge in [-0.05, 0) is 34.2 Å². The van der Waals surface area contributed by atoms with E-state index in [-0.39, 0.29) is 5.92 Å². The van der Waals surface area contributed by atoms with E-state index in [1.54, 1.807) is 12.1 Å². The summed E-state index contributed by atoms with van der Waals surface area (Å²) in [5, 5.41) is 2.80. The molecule has 0 unspecified atom stereocenters. The van der Waals surface area contributed by atoms with Crippen molar-refractivity contribution in [3.05, 3.63) is 95.1 Å². The lowest BCUT2D eigenvalue weighted by molar-refractivity contribution is 0.112. The summed E-state index contributed by atoms with van der Waals surface area (Å²) in [7, 11) is 0. The zero-order valence-electron chi connectivity index (χ0n) is 15.4. The third-order valence-corrected chi connectivity index (χ3v) is 5.14. The van der Waals surface area contributed by atoms with Crippen molar-refractivity contribution in [2.75, 3.05) is 13.2 Å². The number of hydrogen-bond donors (Lipinski definition) is 1. The fraction of sp³-hybridized carbons (Fsp3) is 0.167. The molecule has 0 heterocycles. The predicted molar refractivity (Wildman–Crippen MR) is 109 cm³/mol. The topological polar surface area (TPSA) is 55.4 Å². The van der Waals surface area contributed by atoms with Gasteiger partial charge in [-0.15, -0.1) is 0 Å². The van der Waals surface area contributed by atoms with Crippen molar-refractivity contribution in [2.24, 2.45) is 0 Å². The molecule has 0 aromatic heterocycles. The number of carbonyl (C=O) groups is 2. The van der Waals surface area contributed by atoms with Crippen LogP contribution in [0.15, 0.2) is 72.8 Å². The zero-order valence-corrected chi connectivity index (χ0v) is 15.4. The monoisotopic (exact) mass is 371 g/mol. The van der Waals surface area contributed by atoms with Crippen LogP contribution < -0.4 is 5.32 Å². The second-order valence-corrected chi connectivity index (χ2v) is 6.86. The first kappa shape index (κ1) is 18.0. The molecule has 0 fully saturated rings. The molecule has 1 aliphatic carbocycles. The van der Waals surface area contributed by atoms with Gasteiger partial charge in [-0.2, -0.15) is 0 Å². The Balaban J connectivity index is 1.33. The summed E-state index contributed by atoms with van der Waals surface area (Å²) in [5.74, 6) is 0.0639. The zero-order chi connectivity index (χ0) is 19.3. The highest BCUT2D eigenvalue weighted by Crippen LogP contribution is 2.44. The number of carbonyl (C=O) groups excluding carboxylic acids is 2. The molecule has 0 saturated heterocycles. The van der Waals surface area contributed by atoms with Crippen LogP contribution in [0.4, 0.5) is 4.79 Å². The molecule has 1 amide bonds. The number of hydrogen-bond acceptors (Lipinski definition) is 3. The lowest BCUT2D eigenvalue weighted by atomic mass is 9.98.